The van der Waals surface area contributed by atoms with Crippen LogP contribution in [0.1, 0.15) is 19.8 Å². The molecule has 0 saturated heterocycles. The number of ether oxygens (including phenoxy) is 1. The SMILES string of the molecule is CCOC(=O)CCC[SH](=O)(I)c1ccc([N+](=O)[O-])cc1. The third-order valence-corrected chi connectivity index (χ3v) is 7.66. The zero-order valence-electron chi connectivity index (χ0n) is 11.0. The summed E-state index contributed by atoms with van der Waals surface area (Å²) >= 11 is 1.87. The van der Waals surface area contributed by atoms with Crippen LogP contribution in [-0.4, -0.2) is 27.5 Å². The number of nitrogens with zero attached hydrogens (tertiary/aromatic N) is 1. The molecule has 0 aliphatic heterocycles. The minimum absolute atomic E-state index is 0.0309. The van der Waals surface area contributed by atoms with Gasteiger partial charge in [-0.05, 0) is 32.6 Å². The number of non-ortho nitro benzene ring substituents is 1. The molecule has 0 aromatic heterocycles. The summed E-state index contributed by atoms with van der Waals surface area (Å²) in [4.78, 5) is 21.8. The predicted molar refractivity (Wildman–Crippen MR) is 85.7 cm³/mol. The molecule has 8 heteroatoms. The van der Waals surface area contributed by atoms with Crippen molar-refractivity contribution in [2.24, 2.45) is 0 Å². The van der Waals surface area contributed by atoms with E-state index in [9.17, 15) is 19.1 Å². The molecule has 0 spiro atoms. The highest BCUT2D eigenvalue weighted by atomic mass is 127. The van der Waals surface area contributed by atoms with E-state index in [2.05, 4.69) is 0 Å². The van der Waals surface area contributed by atoms with Gasteiger partial charge in [0, 0.05) is 50.4 Å². The molecule has 1 aromatic carbocycles. The number of carbonyl (C=O) groups excluding carboxylic acids is 1. The molecule has 0 amide bonds. The molecule has 112 valence electrons. The summed E-state index contributed by atoms with van der Waals surface area (Å²) in [6.45, 7) is 2.07. The van der Waals surface area contributed by atoms with E-state index in [1.165, 1.54) is 24.3 Å². The first-order valence-corrected chi connectivity index (χ1v) is 10.7. The van der Waals surface area contributed by atoms with Crippen LogP contribution in [0.3, 0.4) is 0 Å². The average Bonchev–Trinajstić information content (AvgIpc) is 2.39. The maximum Gasteiger partial charge on any atom is 0.305 e. The summed E-state index contributed by atoms with van der Waals surface area (Å²) < 4.78 is 17.3. The van der Waals surface area contributed by atoms with E-state index in [1.807, 2.05) is 21.2 Å². The fourth-order valence-corrected chi connectivity index (χ4v) is 4.99. The second-order valence-corrected chi connectivity index (χ2v) is 11.0. The molecule has 0 aliphatic carbocycles. The monoisotopic (exact) mass is 413 g/mol. The van der Waals surface area contributed by atoms with Gasteiger partial charge < -0.3 is 4.74 Å². The van der Waals surface area contributed by atoms with Crippen LogP contribution in [0.2, 0.25) is 0 Å². The number of esters is 1. The highest BCUT2D eigenvalue weighted by Gasteiger charge is 2.16. The Kier molecular flexibility index (Phi) is 6.53. The smallest absolute Gasteiger partial charge is 0.305 e. The van der Waals surface area contributed by atoms with Crippen molar-refractivity contribution >= 4 is 40.0 Å². The molecule has 0 saturated carbocycles. The van der Waals surface area contributed by atoms with E-state index in [0.29, 0.717) is 23.7 Å². The first kappa shape index (κ1) is 17.0. The van der Waals surface area contributed by atoms with E-state index >= 15 is 0 Å². The second-order valence-electron chi connectivity index (χ2n) is 4.06. The van der Waals surface area contributed by atoms with Gasteiger partial charge in [-0.2, -0.15) is 0 Å². The van der Waals surface area contributed by atoms with Crippen LogP contribution in [0, 0.1) is 10.1 Å². The number of nitro benzene ring substituents is 1. The molecule has 0 atom stereocenters. The Labute approximate surface area is 130 Å². The van der Waals surface area contributed by atoms with Crippen LogP contribution < -0.4 is 0 Å². The Hall–Kier alpha value is -1.03. The lowest BCUT2D eigenvalue weighted by molar-refractivity contribution is -0.384. The van der Waals surface area contributed by atoms with Gasteiger partial charge in [-0.25, -0.2) is 0 Å². The van der Waals surface area contributed by atoms with Crippen LogP contribution in [0.4, 0.5) is 5.69 Å². The number of rotatable bonds is 7. The zero-order valence-corrected chi connectivity index (χ0v) is 14.0. The molecule has 0 aliphatic rings. The van der Waals surface area contributed by atoms with Crippen molar-refractivity contribution < 1.29 is 18.7 Å². The number of halogens is 1. The summed E-state index contributed by atoms with van der Waals surface area (Å²) in [6.07, 6.45) is 0.698. The van der Waals surface area contributed by atoms with Crippen LogP contribution >= 0.6 is 21.2 Å². The van der Waals surface area contributed by atoms with Gasteiger partial charge in [-0.1, -0.05) is 0 Å². The normalized spacial score (nSPS) is 11.9. The van der Waals surface area contributed by atoms with Gasteiger partial charge in [0.2, 0.25) is 0 Å². The van der Waals surface area contributed by atoms with Gasteiger partial charge >= 0.3 is 5.97 Å². The second kappa shape index (κ2) is 7.67. The van der Waals surface area contributed by atoms with E-state index in [4.69, 9.17) is 4.74 Å². The van der Waals surface area contributed by atoms with E-state index in [-0.39, 0.29) is 18.1 Å². The lowest BCUT2D eigenvalue weighted by atomic mass is 10.3. The summed E-state index contributed by atoms with van der Waals surface area (Å²) in [5.41, 5.74) is -0.0309. The minimum atomic E-state index is -2.63. The number of hydrogen-bond donors (Lipinski definition) is 1. The summed E-state index contributed by atoms with van der Waals surface area (Å²) in [5, 5.41) is 10.6. The van der Waals surface area contributed by atoms with Crippen molar-refractivity contribution in [1.82, 2.24) is 0 Å². The molecule has 1 rings (SSSR count). The Morgan fingerprint density at radius 1 is 1.40 bits per heavy atom. The van der Waals surface area contributed by atoms with Crippen molar-refractivity contribution in [2.45, 2.75) is 24.7 Å². The average molecular weight is 413 g/mol. The van der Waals surface area contributed by atoms with Crippen molar-refractivity contribution in [2.75, 3.05) is 12.4 Å². The van der Waals surface area contributed by atoms with Crippen molar-refractivity contribution in [3.8, 4) is 0 Å². The topological polar surface area (TPSA) is 86.5 Å². The van der Waals surface area contributed by atoms with Gasteiger partial charge in [0.25, 0.3) is 5.69 Å². The molecule has 0 fully saturated rings. The molecule has 20 heavy (non-hydrogen) atoms. The third-order valence-electron chi connectivity index (χ3n) is 2.58. The highest BCUT2D eigenvalue weighted by molar-refractivity contribution is 14.2. The van der Waals surface area contributed by atoms with Gasteiger partial charge in [-0.3, -0.25) is 19.1 Å². The Morgan fingerprint density at radius 2 is 2.00 bits per heavy atom. The molecule has 0 N–H and O–H groups in total. The fourth-order valence-electron chi connectivity index (χ4n) is 1.59. The zero-order chi connectivity index (χ0) is 15.2. The van der Waals surface area contributed by atoms with Gasteiger partial charge in [0.1, 0.15) is 0 Å². The van der Waals surface area contributed by atoms with E-state index in [1.54, 1.807) is 6.92 Å². The largest absolute Gasteiger partial charge is 0.466 e. The maximum atomic E-state index is 12.5. The number of nitro groups is 1. The van der Waals surface area contributed by atoms with Crippen molar-refractivity contribution in [1.29, 1.82) is 0 Å². The molecule has 0 radical (unpaired) electrons. The first-order chi connectivity index (χ1) is 9.36. The number of thiol groups is 1. The summed E-state index contributed by atoms with van der Waals surface area (Å²) in [6, 6.07) is 5.70. The molecule has 6 nitrogen and oxygen atoms in total. The minimum Gasteiger partial charge on any atom is -0.466 e. The van der Waals surface area contributed by atoms with Crippen LogP contribution in [0.15, 0.2) is 29.2 Å². The Bertz CT molecular complexity index is 531. The lowest BCUT2D eigenvalue weighted by Gasteiger charge is -2.16. The van der Waals surface area contributed by atoms with Gasteiger partial charge in [0.15, 0.2) is 0 Å². The maximum absolute atomic E-state index is 12.5. The predicted octanol–water partition coefficient (Wildman–Crippen LogP) is 2.66. The third kappa shape index (κ3) is 5.16. The van der Waals surface area contributed by atoms with E-state index in [0.717, 1.165) is 0 Å². The molecule has 0 heterocycles. The standard InChI is InChI=1S/C12H16INO5S/c1-2-19-12(15)4-3-9-20(13,18)11-7-5-10(6-8-11)14(16)17/h5-8,20H,2-4,9H2,1H3. The summed E-state index contributed by atoms with van der Waals surface area (Å²) in [5.74, 6) is 0.0667. The lowest BCUT2D eigenvalue weighted by Crippen LogP contribution is -2.11. The van der Waals surface area contributed by atoms with Gasteiger partial charge in [-0.15, -0.1) is 0 Å². The van der Waals surface area contributed by atoms with Crippen molar-refractivity contribution in [3.05, 3.63) is 34.4 Å². The number of carbonyl (C=O) groups is 1. The van der Waals surface area contributed by atoms with E-state index < -0.39 is 12.0 Å². The van der Waals surface area contributed by atoms with Gasteiger partial charge in [0.05, 0.1) is 11.5 Å². The first-order valence-electron chi connectivity index (χ1n) is 6.06. The number of hydrogen-bond acceptors (Lipinski definition) is 5. The molecule has 1 aromatic rings. The fraction of sp³-hybridized carbons (Fsp3) is 0.417. The molecular weight excluding hydrogens is 397 g/mol. The molecular formula is C12H16INO5S. The van der Waals surface area contributed by atoms with Crippen LogP contribution in [-0.2, 0) is 16.6 Å². The van der Waals surface area contributed by atoms with Crippen LogP contribution in [0.25, 0.3) is 0 Å². The van der Waals surface area contributed by atoms with Crippen LogP contribution in [0.5, 0.6) is 0 Å². The Morgan fingerprint density at radius 3 is 2.50 bits per heavy atom. The summed E-state index contributed by atoms with van der Waals surface area (Å²) in [7, 11) is -2.63. The quantitative estimate of drug-likeness (QED) is 0.186. The van der Waals surface area contributed by atoms with Crippen molar-refractivity contribution in [3.63, 3.8) is 0 Å². The Balaban J connectivity index is 2.62. The highest BCUT2D eigenvalue weighted by Crippen LogP contribution is 2.29. The molecule has 0 bridgehead atoms. The molecule has 0 unspecified atom stereocenters. The number of benzene rings is 1.